The first-order valence-corrected chi connectivity index (χ1v) is 12.3. The lowest BCUT2D eigenvalue weighted by Crippen LogP contribution is -2.08. The average molecular weight is 478 g/mol. The van der Waals surface area contributed by atoms with E-state index in [0.29, 0.717) is 12.3 Å². The summed E-state index contributed by atoms with van der Waals surface area (Å²) in [5.74, 6) is 3.08. The fraction of sp³-hybridized carbons (Fsp3) is 0.208. The molecule has 1 aliphatic rings. The van der Waals surface area contributed by atoms with Crippen molar-refractivity contribution in [3.05, 3.63) is 66.2 Å². The summed E-state index contributed by atoms with van der Waals surface area (Å²) in [4.78, 5) is 6.89. The summed E-state index contributed by atoms with van der Waals surface area (Å²) in [6.45, 7) is 4.82. The number of anilines is 1. The van der Waals surface area contributed by atoms with E-state index in [0.717, 1.165) is 50.0 Å². The summed E-state index contributed by atoms with van der Waals surface area (Å²) in [7, 11) is 4.06. The number of thioether (sulfide) groups is 1. The van der Waals surface area contributed by atoms with E-state index in [1.165, 1.54) is 0 Å². The second-order valence-electron chi connectivity index (χ2n) is 7.65. The summed E-state index contributed by atoms with van der Waals surface area (Å²) in [5, 5.41) is 12.8. The first-order valence-electron chi connectivity index (χ1n) is 10.4. The first kappa shape index (κ1) is 21.5. The Balaban J connectivity index is 1.34. The van der Waals surface area contributed by atoms with Gasteiger partial charge in [0.1, 0.15) is 5.01 Å². The highest BCUT2D eigenvalue weighted by atomic mass is 32.2. The summed E-state index contributed by atoms with van der Waals surface area (Å²) in [5.41, 5.74) is 4.18. The van der Waals surface area contributed by atoms with Gasteiger partial charge in [-0.25, -0.2) is 4.98 Å². The van der Waals surface area contributed by atoms with Crippen LogP contribution in [0.4, 0.5) is 5.69 Å². The maximum Gasteiger partial charge on any atom is 0.231 e. The highest BCUT2D eigenvalue weighted by molar-refractivity contribution is 7.98. The van der Waals surface area contributed by atoms with Gasteiger partial charge in [0.15, 0.2) is 22.5 Å². The molecular weight excluding hydrogens is 454 g/mol. The fourth-order valence-corrected chi connectivity index (χ4v) is 5.26. The molecule has 2 aromatic heterocycles. The molecule has 0 amide bonds. The number of thiazole rings is 1. The molecule has 5 rings (SSSR count). The summed E-state index contributed by atoms with van der Waals surface area (Å²) in [6.07, 6.45) is 1.87. The topological polar surface area (TPSA) is 65.3 Å². The maximum atomic E-state index is 5.49. The Morgan fingerprint density at radius 3 is 2.85 bits per heavy atom. The lowest BCUT2D eigenvalue weighted by atomic mass is 10.2. The summed E-state index contributed by atoms with van der Waals surface area (Å²) >= 11 is 3.24. The van der Waals surface area contributed by atoms with Crippen LogP contribution in [-0.4, -0.2) is 40.6 Å². The monoisotopic (exact) mass is 477 g/mol. The van der Waals surface area contributed by atoms with Crippen molar-refractivity contribution in [2.24, 2.45) is 0 Å². The molecular formula is C24H23N5O2S2. The molecule has 0 aliphatic carbocycles. The number of aromatic nitrogens is 4. The molecule has 7 nitrogen and oxygen atoms in total. The van der Waals surface area contributed by atoms with Gasteiger partial charge >= 0.3 is 0 Å². The molecule has 0 N–H and O–H groups in total. The van der Waals surface area contributed by atoms with Gasteiger partial charge in [0.05, 0.1) is 5.69 Å². The number of fused-ring (bicyclic) bond motifs is 1. The lowest BCUT2D eigenvalue weighted by molar-refractivity contribution is 0.174. The van der Waals surface area contributed by atoms with Crippen LogP contribution in [-0.2, 0) is 12.3 Å². The number of nitrogens with zero attached hydrogens (tertiary/aromatic N) is 5. The zero-order valence-electron chi connectivity index (χ0n) is 18.4. The summed E-state index contributed by atoms with van der Waals surface area (Å²) in [6, 6.07) is 14.2. The fourth-order valence-electron chi connectivity index (χ4n) is 3.50. The van der Waals surface area contributed by atoms with Crippen LogP contribution in [0.3, 0.4) is 0 Å². The summed E-state index contributed by atoms with van der Waals surface area (Å²) < 4.78 is 13.0. The quantitative estimate of drug-likeness (QED) is 0.251. The van der Waals surface area contributed by atoms with Crippen LogP contribution >= 0.6 is 23.1 Å². The Labute approximate surface area is 200 Å². The Hall–Kier alpha value is -3.30. The third kappa shape index (κ3) is 4.46. The SMILES string of the molecule is C=CCn1c(SCc2csc(-c3ccc4c(c3)OCO4)n2)nnc1-c1cccc(N(C)C)c1. The molecule has 168 valence electrons. The van der Waals surface area contributed by atoms with Crippen molar-refractivity contribution in [1.82, 2.24) is 19.7 Å². The molecule has 0 unspecified atom stereocenters. The number of hydrogen-bond acceptors (Lipinski definition) is 8. The van der Waals surface area contributed by atoms with Crippen LogP contribution in [0.5, 0.6) is 11.5 Å². The Morgan fingerprint density at radius 1 is 1.12 bits per heavy atom. The van der Waals surface area contributed by atoms with Gasteiger partial charge in [-0.2, -0.15) is 0 Å². The van der Waals surface area contributed by atoms with Gasteiger partial charge < -0.3 is 14.4 Å². The van der Waals surface area contributed by atoms with Crippen molar-refractivity contribution in [3.63, 3.8) is 0 Å². The predicted molar refractivity (Wildman–Crippen MR) is 133 cm³/mol. The van der Waals surface area contributed by atoms with Crippen LogP contribution in [0, 0.1) is 0 Å². The molecule has 0 atom stereocenters. The predicted octanol–water partition coefficient (Wildman–Crippen LogP) is 5.34. The number of ether oxygens (including phenoxy) is 2. The van der Waals surface area contributed by atoms with E-state index >= 15 is 0 Å². The first-order chi connectivity index (χ1) is 16.1. The van der Waals surface area contributed by atoms with Gasteiger partial charge in [-0.05, 0) is 30.3 Å². The smallest absolute Gasteiger partial charge is 0.231 e. The van der Waals surface area contributed by atoms with Crippen LogP contribution in [0.15, 0.2) is 65.7 Å². The highest BCUT2D eigenvalue weighted by Gasteiger charge is 2.17. The molecule has 4 aromatic rings. The molecule has 0 bridgehead atoms. The van der Waals surface area contributed by atoms with Crippen molar-refractivity contribution < 1.29 is 9.47 Å². The maximum absolute atomic E-state index is 5.49. The second kappa shape index (κ2) is 9.29. The van der Waals surface area contributed by atoms with Crippen LogP contribution < -0.4 is 14.4 Å². The average Bonchev–Trinajstić information content (AvgIpc) is 3.57. The second-order valence-corrected chi connectivity index (χ2v) is 9.45. The minimum atomic E-state index is 0.269. The minimum absolute atomic E-state index is 0.269. The molecule has 3 heterocycles. The number of hydrogen-bond donors (Lipinski definition) is 0. The third-order valence-corrected chi connectivity index (χ3v) is 7.11. The van der Waals surface area contributed by atoms with Crippen molar-refractivity contribution in [2.75, 3.05) is 25.8 Å². The minimum Gasteiger partial charge on any atom is -0.454 e. The van der Waals surface area contributed by atoms with Crippen molar-refractivity contribution in [2.45, 2.75) is 17.5 Å². The molecule has 0 saturated carbocycles. The van der Waals surface area contributed by atoms with Crippen molar-refractivity contribution in [3.8, 4) is 33.5 Å². The normalized spacial score (nSPS) is 12.2. The van der Waals surface area contributed by atoms with E-state index in [1.807, 2.05) is 44.4 Å². The van der Waals surface area contributed by atoms with Crippen LogP contribution in [0.1, 0.15) is 5.69 Å². The van der Waals surface area contributed by atoms with Gasteiger partial charge in [0.25, 0.3) is 0 Å². The molecule has 0 radical (unpaired) electrons. The molecule has 9 heteroatoms. The third-order valence-electron chi connectivity index (χ3n) is 5.17. The van der Waals surface area contributed by atoms with Gasteiger partial charge in [-0.1, -0.05) is 30.0 Å². The van der Waals surface area contributed by atoms with Crippen LogP contribution in [0.25, 0.3) is 22.0 Å². The molecule has 1 aliphatic heterocycles. The molecule has 0 spiro atoms. The highest BCUT2D eigenvalue weighted by Crippen LogP contribution is 2.37. The van der Waals surface area contributed by atoms with E-state index < -0.39 is 0 Å². The number of benzene rings is 2. The Bertz CT molecular complexity index is 1300. The molecule has 0 fully saturated rings. The molecule has 2 aromatic carbocycles. The van der Waals surface area contributed by atoms with E-state index in [1.54, 1.807) is 23.1 Å². The van der Waals surface area contributed by atoms with Gasteiger partial charge in [0.2, 0.25) is 6.79 Å². The van der Waals surface area contributed by atoms with E-state index in [9.17, 15) is 0 Å². The standard InChI is InChI=1S/C24H23N5O2S2/c1-4-10-29-22(16-6-5-7-19(11-16)28(2)3)26-27-24(29)33-14-18-13-32-23(25-18)17-8-9-20-21(12-17)31-15-30-20/h4-9,11-13H,1,10,14-15H2,2-3H3. The Morgan fingerprint density at radius 2 is 2.00 bits per heavy atom. The van der Waals surface area contributed by atoms with E-state index in [4.69, 9.17) is 14.5 Å². The Kier molecular flexibility index (Phi) is 6.06. The molecule has 0 saturated heterocycles. The number of allylic oxidation sites excluding steroid dienone is 1. The van der Waals surface area contributed by atoms with Crippen molar-refractivity contribution in [1.29, 1.82) is 0 Å². The largest absolute Gasteiger partial charge is 0.454 e. The van der Waals surface area contributed by atoms with E-state index in [-0.39, 0.29) is 6.79 Å². The van der Waals surface area contributed by atoms with Gasteiger partial charge in [0, 0.05) is 48.6 Å². The van der Waals surface area contributed by atoms with Crippen molar-refractivity contribution >= 4 is 28.8 Å². The van der Waals surface area contributed by atoms with E-state index in [2.05, 4.69) is 49.8 Å². The zero-order chi connectivity index (χ0) is 22.8. The molecule has 33 heavy (non-hydrogen) atoms. The van der Waals surface area contributed by atoms with Crippen LogP contribution in [0.2, 0.25) is 0 Å². The lowest BCUT2D eigenvalue weighted by Gasteiger charge is -2.14. The van der Waals surface area contributed by atoms with Gasteiger partial charge in [-0.15, -0.1) is 28.1 Å². The zero-order valence-corrected chi connectivity index (χ0v) is 20.0. The van der Waals surface area contributed by atoms with Gasteiger partial charge in [-0.3, -0.25) is 4.57 Å². The number of rotatable bonds is 8.